The molecule has 0 aliphatic carbocycles. The van der Waals surface area contributed by atoms with Gasteiger partial charge in [0.2, 0.25) is 5.89 Å². The van der Waals surface area contributed by atoms with Crippen molar-refractivity contribution in [2.45, 2.75) is 13.8 Å². The highest BCUT2D eigenvalue weighted by Crippen LogP contribution is 2.27. The fourth-order valence-corrected chi connectivity index (χ4v) is 3.32. The smallest absolute Gasteiger partial charge is 0.257 e. The molecule has 0 aliphatic rings. The maximum absolute atomic E-state index is 12.4. The van der Waals surface area contributed by atoms with Crippen LogP contribution in [-0.4, -0.2) is 16.0 Å². The quantitative estimate of drug-likeness (QED) is 0.392. The topological polar surface area (TPSA) is 67.2 Å². The van der Waals surface area contributed by atoms with Gasteiger partial charge in [-0.3, -0.25) is 10.1 Å². The number of carbonyl (C=O) groups excluding carboxylic acids is 1. The molecule has 4 rings (SSSR count). The summed E-state index contributed by atoms with van der Waals surface area (Å²) in [6.45, 7) is 3.97. The second-order valence-corrected chi connectivity index (χ2v) is 7.76. The van der Waals surface area contributed by atoms with Crippen molar-refractivity contribution in [2.24, 2.45) is 0 Å². The number of oxazole rings is 1. The van der Waals surface area contributed by atoms with Gasteiger partial charge in [0.25, 0.3) is 5.91 Å². The van der Waals surface area contributed by atoms with Gasteiger partial charge in [0, 0.05) is 21.8 Å². The van der Waals surface area contributed by atoms with E-state index in [-0.39, 0.29) is 11.0 Å². The predicted octanol–water partition coefficient (Wildman–Crippen LogP) is 5.89. The highest BCUT2D eigenvalue weighted by molar-refractivity contribution is 7.80. The molecule has 0 spiro atoms. The van der Waals surface area contributed by atoms with E-state index >= 15 is 0 Å². The van der Waals surface area contributed by atoms with Crippen LogP contribution in [0.3, 0.4) is 0 Å². The van der Waals surface area contributed by atoms with Crippen molar-refractivity contribution >= 4 is 51.6 Å². The Morgan fingerprint density at radius 3 is 2.50 bits per heavy atom. The molecule has 0 radical (unpaired) electrons. The molecule has 0 aliphatic heterocycles. The molecule has 1 aromatic heterocycles. The fraction of sp³-hybridized carbons (Fsp3) is 0.0870. The molecule has 0 unspecified atom stereocenters. The minimum Gasteiger partial charge on any atom is -0.436 e. The number of hydrogen-bond donors (Lipinski definition) is 2. The van der Waals surface area contributed by atoms with Crippen molar-refractivity contribution in [3.63, 3.8) is 0 Å². The molecule has 1 heterocycles. The number of fused-ring (bicyclic) bond motifs is 1. The third kappa shape index (κ3) is 4.35. The largest absolute Gasteiger partial charge is 0.436 e. The summed E-state index contributed by atoms with van der Waals surface area (Å²) in [7, 11) is 0. The van der Waals surface area contributed by atoms with Crippen LogP contribution in [-0.2, 0) is 0 Å². The SMILES string of the molecule is Cc1ccc(C(=O)NC(=S)Nc2ccc(-c3nc4cc(Cl)ccc4o3)cc2)cc1C. The van der Waals surface area contributed by atoms with E-state index in [1.807, 2.05) is 50.2 Å². The van der Waals surface area contributed by atoms with Gasteiger partial charge in [-0.2, -0.15) is 0 Å². The summed E-state index contributed by atoms with van der Waals surface area (Å²) in [5.41, 5.74) is 5.68. The Hall–Kier alpha value is -3.22. The van der Waals surface area contributed by atoms with E-state index in [1.54, 1.807) is 24.3 Å². The number of anilines is 1. The van der Waals surface area contributed by atoms with E-state index in [1.165, 1.54) is 0 Å². The molecule has 150 valence electrons. The number of nitrogens with one attached hydrogen (secondary N) is 2. The Kier molecular flexibility index (Phi) is 5.53. The lowest BCUT2D eigenvalue weighted by Gasteiger charge is -2.10. The van der Waals surface area contributed by atoms with Gasteiger partial charge < -0.3 is 9.73 Å². The van der Waals surface area contributed by atoms with Crippen LogP contribution in [0.1, 0.15) is 21.5 Å². The number of benzene rings is 3. The summed E-state index contributed by atoms with van der Waals surface area (Å²) in [5, 5.41) is 6.55. The zero-order chi connectivity index (χ0) is 21.3. The molecule has 4 aromatic rings. The highest BCUT2D eigenvalue weighted by Gasteiger charge is 2.11. The van der Waals surface area contributed by atoms with Crippen molar-refractivity contribution < 1.29 is 9.21 Å². The van der Waals surface area contributed by atoms with Gasteiger partial charge in [0.15, 0.2) is 10.7 Å². The normalized spacial score (nSPS) is 10.8. The van der Waals surface area contributed by atoms with Crippen LogP contribution in [0.5, 0.6) is 0 Å². The first-order chi connectivity index (χ1) is 14.4. The minimum atomic E-state index is -0.252. The van der Waals surface area contributed by atoms with Gasteiger partial charge >= 0.3 is 0 Å². The van der Waals surface area contributed by atoms with E-state index in [2.05, 4.69) is 15.6 Å². The molecule has 30 heavy (non-hydrogen) atoms. The zero-order valence-electron chi connectivity index (χ0n) is 16.3. The number of aromatic nitrogens is 1. The van der Waals surface area contributed by atoms with Gasteiger partial charge in [-0.15, -0.1) is 0 Å². The van der Waals surface area contributed by atoms with Crippen LogP contribution < -0.4 is 10.6 Å². The van der Waals surface area contributed by atoms with Gasteiger partial charge in [-0.05, 0) is 91.8 Å². The van der Waals surface area contributed by atoms with Crippen molar-refractivity contribution in [3.8, 4) is 11.5 Å². The molecule has 0 atom stereocenters. The molecule has 1 amide bonds. The molecular formula is C23H18ClN3O2S. The summed E-state index contributed by atoms with van der Waals surface area (Å²) in [5.74, 6) is 0.252. The Labute approximate surface area is 184 Å². The third-order valence-electron chi connectivity index (χ3n) is 4.74. The maximum Gasteiger partial charge on any atom is 0.257 e. The average molecular weight is 436 g/mol. The first kappa shape index (κ1) is 20.1. The molecule has 5 nitrogen and oxygen atoms in total. The van der Waals surface area contributed by atoms with Crippen LogP contribution in [0.25, 0.3) is 22.6 Å². The minimum absolute atomic E-state index is 0.225. The van der Waals surface area contributed by atoms with E-state index in [4.69, 9.17) is 28.2 Å². The number of rotatable bonds is 3. The van der Waals surface area contributed by atoms with Crippen LogP contribution in [0.2, 0.25) is 5.02 Å². The lowest BCUT2D eigenvalue weighted by atomic mass is 10.1. The second-order valence-electron chi connectivity index (χ2n) is 6.92. The van der Waals surface area contributed by atoms with E-state index in [0.717, 1.165) is 22.4 Å². The van der Waals surface area contributed by atoms with Crippen molar-refractivity contribution in [1.82, 2.24) is 10.3 Å². The average Bonchev–Trinajstić information content (AvgIpc) is 3.13. The number of carbonyl (C=O) groups is 1. The molecule has 0 saturated carbocycles. The number of amides is 1. The van der Waals surface area contributed by atoms with Crippen LogP contribution in [0.15, 0.2) is 65.1 Å². The van der Waals surface area contributed by atoms with Crippen molar-refractivity contribution in [2.75, 3.05) is 5.32 Å². The Balaban J connectivity index is 1.42. The lowest BCUT2D eigenvalue weighted by molar-refractivity contribution is 0.0977. The fourth-order valence-electron chi connectivity index (χ4n) is 2.94. The second kappa shape index (κ2) is 8.26. The first-order valence-corrected chi connectivity index (χ1v) is 10.0. The molecule has 0 fully saturated rings. The monoisotopic (exact) mass is 435 g/mol. The van der Waals surface area contributed by atoms with Gasteiger partial charge in [0.05, 0.1) is 0 Å². The van der Waals surface area contributed by atoms with E-state index in [9.17, 15) is 4.79 Å². The summed E-state index contributed by atoms with van der Waals surface area (Å²) in [4.78, 5) is 16.9. The Bertz CT molecular complexity index is 1270. The van der Waals surface area contributed by atoms with Gasteiger partial charge in [-0.25, -0.2) is 4.98 Å². The Morgan fingerprint density at radius 1 is 1.00 bits per heavy atom. The van der Waals surface area contributed by atoms with Crippen LogP contribution >= 0.6 is 23.8 Å². The summed E-state index contributed by atoms with van der Waals surface area (Å²) in [6, 6.07) is 18.3. The Morgan fingerprint density at radius 2 is 1.77 bits per heavy atom. The third-order valence-corrected chi connectivity index (χ3v) is 5.17. The van der Waals surface area contributed by atoms with Gasteiger partial charge in [-0.1, -0.05) is 17.7 Å². The molecule has 0 saturated heterocycles. The van der Waals surface area contributed by atoms with E-state index < -0.39 is 0 Å². The number of aryl methyl sites for hydroxylation is 2. The highest BCUT2D eigenvalue weighted by atomic mass is 35.5. The van der Waals surface area contributed by atoms with E-state index in [0.29, 0.717) is 27.6 Å². The number of hydrogen-bond acceptors (Lipinski definition) is 4. The molecular weight excluding hydrogens is 418 g/mol. The maximum atomic E-state index is 12.4. The number of nitrogens with zero attached hydrogens (tertiary/aromatic N) is 1. The van der Waals surface area contributed by atoms with Crippen LogP contribution in [0, 0.1) is 13.8 Å². The first-order valence-electron chi connectivity index (χ1n) is 9.25. The standard InChI is InChI=1S/C23H18ClN3O2S/c1-13-3-4-16(11-14(13)2)21(28)27-23(30)25-18-8-5-15(6-9-18)22-26-19-12-17(24)7-10-20(19)29-22/h3-12H,1-2H3,(H2,25,27,28,30). The molecule has 7 heteroatoms. The number of thiocarbonyl (C=S) groups is 1. The number of halogens is 1. The summed E-state index contributed by atoms with van der Waals surface area (Å²) >= 11 is 11.3. The molecule has 0 bridgehead atoms. The summed E-state index contributed by atoms with van der Waals surface area (Å²) in [6.07, 6.45) is 0. The van der Waals surface area contributed by atoms with Gasteiger partial charge in [0.1, 0.15) is 5.52 Å². The zero-order valence-corrected chi connectivity index (χ0v) is 17.9. The van der Waals surface area contributed by atoms with Crippen molar-refractivity contribution in [3.05, 3.63) is 82.4 Å². The van der Waals surface area contributed by atoms with Crippen molar-refractivity contribution in [1.29, 1.82) is 0 Å². The van der Waals surface area contributed by atoms with Crippen LogP contribution in [0.4, 0.5) is 5.69 Å². The predicted molar refractivity (Wildman–Crippen MR) is 124 cm³/mol. The lowest BCUT2D eigenvalue weighted by Crippen LogP contribution is -2.34. The molecule has 3 aromatic carbocycles. The summed E-state index contributed by atoms with van der Waals surface area (Å²) < 4.78 is 5.78. The molecule has 2 N–H and O–H groups in total.